The van der Waals surface area contributed by atoms with Crippen LogP contribution in [0, 0.1) is 5.41 Å². The van der Waals surface area contributed by atoms with E-state index in [1.165, 1.54) is 0 Å². The second-order valence-corrected chi connectivity index (χ2v) is 6.01. The van der Waals surface area contributed by atoms with Gasteiger partial charge in [-0.1, -0.05) is 18.2 Å². The first kappa shape index (κ1) is 13.1. The molecule has 96 valence electrons. The van der Waals surface area contributed by atoms with Crippen LogP contribution in [0.4, 0.5) is 0 Å². The number of aliphatic hydroxyl groups excluding tert-OH is 1. The number of carbonyl (C=O) groups is 1. The quantitative estimate of drug-likeness (QED) is 0.889. The van der Waals surface area contributed by atoms with Gasteiger partial charge < -0.3 is 10.2 Å². The van der Waals surface area contributed by atoms with Crippen LogP contribution in [-0.4, -0.2) is 16.2 Å². The molecule has 4 heteroatoms. The summed E-state index contributed by atoms with van der Waals surface area (Å²) in [6, 6.07) is 7.83. The number of carboxylic acid groups (broad SMARTS) is 1. The van der Waals surface area contributed by atoms with Crippen molar-refractivity contribution in [3.63, 3.8) is 0 Å². The molecular weight excluding hydrogens is 248 g/mol. The molecule has 18 heavy (non-hydrogen) atoms. The monoisotopic (exact) mass is 264 g/mol. The van der Waals surface area contributed by atoms with Gasteiger partial charge in [0.05, 0.1) is 11.5 Å². The Morgan fingerprint density at radius 2 is 2.06 bits per heavy atom. The Kier molecular flexibility index (Phi) is 3.41. The molecule has 1 atom stereocenters. The van der Waals surface area contributed by atoms with Crippen molar-refractivity contribution in [3.05, 3.63) is 35.2 Å². The van der Waals surface area contributed by atoms with Crippen molar-refractivity contribution in [2.75, 3.05) is 0 Å². The number of carboxylic acids is 1. The molecular formula is C14H16O3S. The molecule has 2 aromatic rings. The number of hydrogen-bond donors (Lipinski definition) is 2. The number of rotatable bonds is 4. The zero-order valence-electron chi connectivity index (χ0n) is 10.4. The predicted octanol–water partition coefficient (Wildman–Crippen LogP) is 3.44. The molecule has 0 aliphatic heterocycles. The molecule has 0 saturated carbocycles. The minimum Gasteiger partial charge on any atom is -0.481 e. The fourth-order valence-electron chi connectivity index (χ4n) is 1.94. The molecule has 2 rings (SSSR count). The molecule has 1 aromatic heterocycles. The number of thiophene rings is 1. The Morgan fingerprint density at radius 3 is 2.72 bits per heavy atom. The fraction of sp³-hybridized carbons (Fsp3) is 0.357. The molecule has 0 saturated heterocycles. The highest BCUT2D eigenvalue weighted by atomic mass is 32.1. The highest BCUT2D eigenvalue weighted by Crippen LogP contribution is 2.36. The second kappa shape index (κ2) is 4.71. The molecule has 0 radical (unpaired) electrons. The van der Waals surface area contributed by atoms with Gasteiger partial charge >= 0.3 is 5.97 Å². The van der Waals surface area contributed by atoms with Crippen LogP contribution in [-0.2, 0) is 4.79 Å². The lowest BCUT2D eigenvalue weighted by atomic mass is 9.85. The van der Waals surface area contributed by atoms with Crippen molar-refractivity contribution in [1.82, 2.24) is 0 Å². The van der Waals surface area contributed by atoms with Gasteiger partial charge in [-0.3, -0.25) is 4.79 Å². The minimum atomic E-state index is -0.928. The highest BCUT2D eigenvalue weighted by Gasteiger charge is 2.31. The first-order valence-corrected chi connectivity index (χ1v) is 6.67. The van der Waals surface area contributed by atoms with Crippen molar-refractivity contribution in [3.8, 4) is 0 Å². The predicted molar refractivity (Wildman–Crippen MR) is 72.8 cm³/mol. The van der Waals surface area contributed by atoms with E-state index in [0.29, 0.717) is 0 Å². The summed E-state index contributed by atoms with van der Waals surface area (Å²) in [7, 11) is 0. The van der Waals surface area contributed by atoms with E-state index < -0.39 is 17.5 Å². The van der Waals surface area contributed by atoms with E-state index >= 15 is 0 Å². The SMILES string of the molecule is CC(C)(CC(O)c1csc2ccccc12)C(=O)O. The molecule has 2 N–H and O–H groups in total. The maximum absolute atomic E-state index is 11.1. The summed E-state index contributed by atoms with van der Waals surface area (Å²) in [5, 5.41) is 22.2. The Hall–Kier alpha value is -1.39. The molecule has 3 nitrogen and oxygen atoms in total. The molecule has 1 heterocycles. The summed E-state index contributed by atoms with van der Waals surface area (Å²) in [5.41, 5.74) is -0.104. The lowest BCUT2D eigenvalue weighted by Crippen LogP contribution is -2.26. The van der Waals surface area contributed by atoms with Crippen LogP contribution in [0.2, 0.25) is 0 Å². The number of benzene rings is 1. The maximum Gasteiger partial charge on any atom is 0.309 e. The van der Waals surface area contributed by atoms with Crippen molar-refractivity contribution < 1.29 is 15.0 Å². The number of aliphatic carboxylic acids is 1. The summed E-state index contributed by atoms with van der Waals surface area (Å²) in [6.07, 6.45) is -0.532. The van der Waals surface area contributed by atoms with Gasteiger partial charge in [0.25, 0.3) is 0 Å². The van der Waals surface area contributed by atoms with E-state index in [-0.39, 0.29) is 6.42 Å². The standard InChI is InChI=1S/C14H16O3S/c1-14(2,13(16)17)7-11(15)10-8-18-12-6-4-3-5-9(10)12/h3-6,8,11,15H,7H2,1-2H3,(H,16,17). The van der Waals surface area contributed by atoms with Gasteiger partial charge in [-0.25, -0.2) is 0 Å². The third-order valence-corrected chi connectivity index (χ3v) is 4.13. The molecule has 0 fully saturated rings. The van der Waals surface area contributed by atoms with Crippen molar-refractivity contribution >= 4 is 27.4 Å². The van der Waals surface area contributed by atoms with Crippen LogP contribution in [0.1, 0.15) is 31.9 Å². The minimum absolute atomic E-state index is 0.211. The Morgan fingerprint density at radius 1 is 1.39 bits per heavy atom. The zero-order valence-corrected chi connectivity index (χ0v) is 11.2. The largest absolute Gasteiger partial charge is 0.481 e. The van der Waals surface area contributed by atoms with E-state index in [1.807, 2.05) is 29.6 Å². The molecule has 0 spiro atoms. The van der Waals surface area contributed by atoms with Crippen LogP contribution in [0.25, 0.3) is 10.1 Å². The van der Waals surface area contributed by atoms with E-state index in [4.69, 9.17) is 5.11 Å². The lowest BCUT2D eigenvalue weighted by molar-refractivity contribution is -0.148. The van der Waals surface area contributed by atoms with Crippen LogP contribution < -0.4 is 0 Å². The van der Waals surface area contributed by atoms with Crippen LogP contribution >= 0.6 is 11.3 Å². The number of aliphatic hydroxyl groups is 1. The summed E-state index contributed by atoms with van der Waals surface area (Å²) >= 11 is 1.57. The zero-order chi connectivity index (χ0) is 13.3. The molecule has 1 unspecified atom stereocenters. The molecule has 1 aromatic carbocycles. The van der Waals surface area contributed by atoms with Crippen LogP contribution in [0.15, 0.2) is 29.6 Å². The molecule has 0 bridgehead atoms. The molecule has 0 aliphatic rings. The smallest absolute Gasteiger partial charge is 0.309 e. The average molecular weight is 264 g/mol. The van der Waals surface area contributed by atoms with Gasteiger partial charge in [0.2, 0.25) is 0 Å². The summed E-state index contributed by atoms with van der Waals surface area (Å²) in [5.74, 6) is -0.888. The van der Waals surface area contributed by atoms with Crippen molar-refractivity contribution in [2.24, 2.45) is 5.41 Å². The summed E-state index contributed by atoms with van der Waals surface area (Å²) in [4.78, 5) is 11.1. The third kappa shape index (κ3) is 2.40. The Labute approximate surface area is 110 Å². The van der Waals surface area contributed by atoms with Gasteiger partial charge in [0.1, 0.15) is 0 Å². The van der Waals surface area contributed by atoms with Crippen LogP contribution in [0.3, 0.4) is 0 Å². The van der Waals surface area contributed by atoms with Crippen LogP contribution in [0.5, 0.6) is 0 Å². The van der Waals surface area contributed by atoms with Gasteiger partial charge in [0.15, 0.2) is 0 Å². The van der Waals surface area contributed by atoms with Crippen molar-refractivity contribution in [1.29, 1.82) is 0 Å². The molecule has 0 amide bonds. The topological polar surface area (TPSA) is 57.5 Å². The third-order valence-electron chi connectivity index (χ3n) is 3.15. The van der Waals surface area contributed by atoms with Gasteiger partial charge in [-0.15, -0.1) is 11.3 Å². The van der Waals surface area contributed by atoms with E-state index in [1.54, 1.807) is 25.2 Å². The van der Waals surface area contributed by atoms with E-state index in [0.717, 1.165) is 15.6 Å². The first-order chi connectivity index (χ1) is 8.42. The van der Waals surface area contributed by atoms with E-state index in [2.05, 4.69) is 0 Å². The highest BCUT2D eigenvalue weighted by molar-refractivity contribution is 7.17. The molecule has 0 aliphatic carbocycles. The Bertz CT molecular complexity index is 571. The summed E-state index contributed by atoms with van der Waals surface area (Å²) < 4.78 is 1.11. The maximum atomic E-state index is 11.1. The average Bonchev–Trinajstić information content (AvgIpc) is 2.71. The fourth-order valence-corrected chi connectivity index (χ4v) is 2.95. The van der Waals surface area contributed by atoms with Gasteiger partial charge in [0, 0.05) is 4.70 Å². The number of hydrogen-bond acceptors (Lipinski definition) is 3. The van der Waals surface area contributed by atoms with Gasteiger partial charge in [-0.05, 0) is 42.7 Å². The summed E-state index contributed by atoms with van der Waals surface area (Å²) in [6.45, 7) is 3.26. The Balaban J connectivity index is 2.29. The lowest BCUT2D eigenvalue weighted by Gasteiger charge is -2.22. The number of fused-ring (bicyclic) bond motifs is 1. The van der Waals surface area contributed by atoms with Gasteiger partial charge in [-0.2, -0.15) is 0 Å². The second-order valence-electron chi connectivity index (χ2n) is 5.10. The van der Waals surface area contributed by atoms with Crippen molar-refractivity contribution in [2.45, 2.75) is 26.4 Å². The van der Waals surface area contributed by atoms with E-state index in [9.17, 15) is 9.90 Å². The first-order valence-electron chi connectivity index (χ1n) is 5.79. The normalized spacial score (nSPS) is 13.7.